The first-order valence-corrected chi connectivity index (χ1v) is 12.3. The van der Waals surface area contributed by atoms with E-state index in [1.165, 1.54) is 12.5 Å². The number of ether oxygens (including phenoxy) is 2. The third-order valence-electron chi connectivity index (χ3n) is 5.46. The van der Waals surface area contributed by atoms with Crippen molar-refractivity contribution >= 4 is 29.0 Å². The Morgan fingerprint density at radius 2 is 1.90 bits per heavy atom. The molecule has 1 aliphatic rings. The monoisotopic (exact) mass is 579 g/mol. The number of rotatable bonds is 13. The number of anilines is 4. The Kier molecular flexibility index (Phi) is 10.4. The largest absolute Gasteiger partial charge is 0.411 e. The predicted molar refractivity (Wildman–Crippen MR) is 135 cm³/mol. The molecule has 0 aliphatic carbocycles. The van der Waals surface area contributed by atoms with Gasteiger partial charge in [0.25, 0.3) is 0 Å². The van der Waals surface area contributed by atoms with Gasteiger partial charge in [0.2, 0.25) is 5.95 Å². The van der Waals surface area contributed by atoms with Crippen LogP contribution in [0.4, 0.5) is 49.6 Å². The summed E-state index contributed by atoms with van der Waals surface area (Å²) in [7, 11) is 0. The second kappa shape index (κ2) is 13.4. The van der Waals surface area contributed by atoms with Gasteiger partial charge in [-0.1, -0.05) is 0 Å². The molecule has 2 aromatic rings. The minimum Gasteiger partial charge on any atom is -0.378 e. The fraction of sp³-hybridized carbons (Fsp3) is 0.609. The van der Waals surface area contributed by atoms with Crippen molar-refractivity contribution in [1.29, 1.82) is 5.41 Å². The van der Waals surface area contributed by atoms with Crippen molar-refractivity contribution < 1.29 is 35.8 Å². The first-order valence-electron chi connectivity index (χ1n) is 12.3. The van der Waals surface area contributed by atoms with Crippen molar-refractivity contribution in [2.24, 2.45) is 0 Å². The average molecular weight is 580 g/mol. The second-order valence-corrected chi connectivity index (χ2v) is 9.54. The van der Waals surface area contributed by atoms with Crippen LogP contribution in [0.15, 0.2) is 18.6 Å². The Labute approximate surface area is 226 Å². The Hall–Kier alpha value is -3.31. The molecule has 11 nitrogen and oxygen atoms in total. The molecule has 3 rings (SSSR count). The Morgan fingerprint density at radius 1 is 1.12 bits per heavy atom. The van der Waals surface area contributed by atoms with E-state index in [2.05, 4.69) is 40.6 Å². The molecule has 17 heteroatoms. The Balaban J connectivity index is 1.93. The molecule has 0 bridgehead atoms. The number of nitrogens with zero attached hydrogens (tertiary/aromatic N) is 5. The summed E-state index contributed by atoms with van der Waals surface area (Å²) >= 11 is 0. The number of nitrogens with one attached hydrogen (secondary N) is 4. The first kappa shape index (κ1) is 31.2. The van der Waals surface area contributed by atoms with Gasteiger partial charge in [-0.25, -0.2) is 15.0 Å². The fourth-order valence-electron chi connectivity index (χ4n) is 3.73. The number of hydrogen-bond donors (Lipinski definition) is 4. The average Bonchev–Trinajstić information content (AvgIpc) is 2.85. The van der Waals surface area contributed by atoms with Crippen LogP contribution in [0.5, 0.6) is 0 Å². The topological polar surface area (TPSA) is 133 Å². The van der Waals surface area contributed by atoms with Gasteiger partial charge in [0.1, 0.15) is 30.1 Å². The van der Waals surface area contributed by atoms with Gasteiger partial charge in [0.15, 0.2) is 5.82 Å². The highest BCUT2D eigenvalue weighted by Crippen LogP contribution is 2.30. The Morgan fingerprint density at radius 3 is 2.55 bits per heavy atom. The lowest BCUT2D eigenvalue weighted by molar-refractivity contribution is -0.172. The van der Waals surface area contributed by atoms with Crippen LogP contribution >= 0.6 is 0 Å². The summed E-state index contributed by atoms with van der Waals surface area (Å²) in [4.78, 5) is 19.0. The quantitative estimate of drug-likeness (QED) is 0.159. The lowest BCUT2D eigenvalue weighted by Crippen LogP contribution is -2.57. The zero-order valence-electron chi connectivity index (χ0n) is 21.9. The van der Waals surface area contributed by atoms with Gasteiger partial charge >= 0.3 is 12.4 Å². The lowest BCUT2D eigenvalue weighted by Gasteiger charge is -2.39. The zero-order valence-corrected chi connectivity index (χ0v) is 21.9. The molecular formula is C23H31F6N9O2. The van der Waals surface area contributed by atoms with Gasteiger partial charge in [-0.05, 0) is 19.9 Å². The maximum Gasteiger partial charge on any atom is 0.411 e. The molecule has 0 atom stereocenters. The zero-order chi connectivity index (χ0) is 29.4. The summed E-state index contributed by atoms with van der Waals surface area (Å²) in [5.41, 5.74) is -0.426. The van der Waals surface area contributed by atoms with Gasteiger partial charge in [-0.15, -0.1) is 0 Å². The third kappa shape index (κ3) is 10.3. The van der Waals surface area contributed by atoms with E-state index in [0.29, 0.717) is 25.5 Å². The number of alkyl halides is 6. The van der Waals surface area contributed by atoms with Crippen LogP contribution in [-0.4, -0.2) is 96.1 Å². The molecule has 222 valence electrons. The SMILES string of the molecule is CC1(C)CN(c2nc(Nc3ccncn3)c(NCCOCC(F)(F)F)c(C(=N)COCCC(F)(F)F)n2)CCN1. The molecule has 0 saturated carbocycles. The van der Waals surface area contributed by atoms with E-state index in [4.69, 9.17) is 10.1 Å². The molecule has 0 unspecified atom stereocenters. The van der Waals surface area contributed by atoms with Gasteiger partial charge in [0, 0.05) is 37.9 Å². The van der Waals surface area contributed by atoms with E-state index in [-0.39, 0.29) is 47.5 Å². The van der Waals surface area contributed by atoms with Crippen LogP contribution in [0.25, 0.3) is 0 Å². The third-order valence-corrected chi connectivity index (χ3v) is 5.46. The van der Waals surface area contributed by atoms with Crippen LogP contribution in [0.3, 0.4) is 0 Å². The smallest absolute Gasteiger partial charge is 0.378 e. The summed E-state index contributed by atoms with van der Waals surface area (Å²) in [6.07, 6.45) is -7.34. The molecule has 1 fully saturated rings. The molecule has 1 saturated heterocycles. The van der Waals surface area contributed by atoms with Crippen molar-refractivity contribution in [2.75, 3.05) is 68.1 Å². The van der Waals surface area contributed by atoms with Crippen LogP contribution in [0, 0.1) is 5.41 Å². The van der Waals surface area contributed by atoms with E-state index in [1.807, 2.05) is 18.7 Å². The highest BCUT2D eigenvalue weighted by atomic mass is 19.4. The standard InChI is InChI=1S/C23H31F6N9O2/c1-21(2)12-38(8-6-34-21)20-36-17(15(30)11-39-9-4-22(24,25)26)18(32-7-10-40-13-23(27,28)29)19(37-20)35-16-3-5-31-14-33-16/h3,5,14,30,32,34H,4,6-13H2,1-2H3,(H,31,33,35,36,37). The van der Waals surface area contributed by atoms with Crippen molar-refractivity contribution in [2.45, 2.75) is 38.2 Å². The molecule has 3 heterocycles. The molecule has 2 aromatic heterocycles. The van der Waals surface area contributed by atoms with Crippen molar-refractivity contribution in [3.63, 3.8) is 0 Å². The van der Waals surface area contributed by atoms with Crippen molar-refractivity contribution in [1.82, 2.24) is 25.3 Å². The molecule has 0 amide bonds. The van der Waals surface area contributed by atoms with Gasteiger partial charge in [-0.2, -0.15) is 31.3 Å². The summed E-state index contributed by atoms with van der Waals surface area (Å²) in [6.45, 7) is 2.60. The molecule has 0 aromatic carbocycles. The molecule has 4 N–H and O–H groups in total. The van der Waals surface area contributed by atoms with Gasteiger partial charge in [-0.3, -0.25) is 0 Å². The van der Waals surface area contributed by atoms with Crippen LogP contribution in [-0.2, 0) is 9.47 Å². The maximum absolute atomic E-state index is 12.5. The lowest BCUT2D eigenvalue weighted by atomic mass is 10.0. The highest BCUT2D eigenvalue weighted by Gasteiger charge is 2.30. The van der Waals surface area contributed by atoms with Gasteiger partial charge in [0.05, 0.1) is 32.0 Å². The second-order valence-electron chi connectivity index (χ2n) is 9.54. The van der Waals surface area contributed by atoms with Crippen molar-refractivity contribution in [3.05, 3.63) is 24.3 Å². The van der Waals surface area contributed by atoms with E-state index < -0.39 is 38.6 Å². The minimum atomic E-state index is -4.50. The molecular weight excluding hydrogens is 548 g/mol. The van der Waals surface area contributed by atoms with Crippen LogP contribution in [0.2, 0.25) is 0 Å². The number of aromatic nitrogens is 4. The molecule has 40 heavy (non-hydrogen) atoms. The minimum absolute atomic E-state index is 0.000671. The Bertz CT molecular complexity index is 1120. The fourth-order valence-corrected chi connectivity index (χ4v) is 3.73. The normalized spacial score (nSPS) is 15.7. The maximum atomic E-state index is 12.5. The summed E-state index contributed by atoms with van der Waals surface area (Å²) in [5.74, 6) is 0.710. The van der Waals surface area contributed by atoms with E-state index >= 15 is 0 Å². The van der Waals surface area contributed by atoms with E-state index in [9.17, 15) is 26.3 Å². The highest BCUT2D eigenvalue weighted by molar-refractivity contribution is 6.04. The van der Waals surface area contributed by atoms with Gasteiger partial charge < -0.3 is 35.7 Å². The predicted octanol–water partition coefficient (Wildman–Crippen LogP) is 3.53. The molecule has 0 spiro atoms. The number of hydrogen-bond acceptors (Lipinski definition) is 11. The van der Waals surface area contributed by atoms with Crippen molar-refractivity contribution in [3.8, 4) is 0 Å². The first-order chi connectivity index (χ1) is 18.7. The molecule has 0 radical (unpaired) electrons. The number of piperazine rings is 1. The summed E-state index contributed by atoms with van der Waals surface area (Å²) in [6, 6.07) is 1.55. The summed E-state index contributed by atoms with van der Waals surface area (Å²) in [5, 5.41) is 17.8. The number of halogens is 6. The van der Waals surface area contributed by atoms with Crippen LogP contribution < -0.4 is 20.9 Å². The molecule has 1 aliphatic heterocycles. The van der Waals surface area contributed by atoms with E-state index in [1.54, 1.807) is 6.07 Å². The van der Waals surface area contributed by atoms with Crippen LogP contribution in [0.1, 0.15) is 26.0 Å². The van der Waals surface area contributed by atoms with E-state index in [0.717, 1.165) is 0 Å². The summed E-state index contributed by atoms with van der Waals surface area (Å²) < 4.78 is 84.8.